The summed E-state index contributed by atoms with van der Waals surface area (Å²) in [7, 11) is 0. The van der Waals surface area contributed by atoms with E-state index in [9.17, 15) is 10.1 Å². The number of fused-ring (bicyclic) bond motifs is 3. The van der Waals surface area contributed by atoms with E-state index in [2.05, 4.69) is 32.8 Å². The predicted octanol–water partition coefficient (Wildman–Crippen LogP) is 4.08. The highest BCUT2D eigenvalue weighted by Crippen LogP contribution is 2.34. The molecule has 2 atom stereocenters. The molecule has 1 aliphatic rings. The van der Waals surface area contributed by atoms with Crippen molar-refractivity contribution in [3.05, 3.63) is 59.8 Å². The molecule has 3 aromatic heterocycles. The van der Waals surface area contributed by atoms with Crippen molar-refractivity contribution >= 4 is 33.5 Å². The van der Waals surface area contributed by atoms with Crippen molar-refractivity contribution in [3.8, 4) is 6.07 Å². The Morgan fingerprint density at radius 2 is 2.18 bits per heavy atom. The molecule has 1 fully saturated rings. The summed E-state index contributed by atoms with van der Waals surface area (Å²) in [6, 6.07) is 11.5. The summed E-state index contributed by atoms with van der Waals surface area (Å²) in [5.41, 5.74) is 4.45. The van der Waals surface area contributed by atoms with Gasteiger partial charge in [-0.05, 0) is 57.0 Å². The first-order valence-electron chi connectivity index (χ1n) is 11.1. The van der Waals surface area contributed by atoms with E-state index in [4.69, 9.17) is 9.72 Å². The minimum absolute atomic E-state index is 0.115. The van der Waals surface area contributed by atoms with E-state index in [-0.39, 0.29) is 24.5 Å². The second kappa shape index (κ2) is 8.60. The van der Waals surface area contributed by atoms with Crippen LogP contribution in [0, 0.1) is 18.3 Å². The smallest absolute Gasteiger partial charge is 0.232 e. The second-order valence-electron chi connectivity index (χ2n) is 8.45. The number of nitriles is 1. The zero-order valence-electron chi connectivity index (χ0n) is 18.6. The summed E-state index contributed by atoms with van der Waals surface area (Å²) in [5.74, 6) is 0.526. The molecule has 0 bridgehead atoms. The molecule has 8 heteroatoms. The number of hydrogen-bond donors (Lipinski definition) is 1. The topological polar surface area (TPSA) is 106 Å². The summed E-state index contributed by atoms with van der Waals surface area (Å²) in [6.07, 6.45) is 5.33. The molecule has 1 aliphatic heterocycles. The molecule has 33 heavy (non-hydrogen) atoms. The van der Waals surface area contributed by atoms with Crippen LogP contribution in [0.4, 0.5) is 5.69 Å². The van der Waals surface area contributed by atoms with Gasteiger partial charge in [0.2, 0.25) is 5.91 Å². The zero-order valence-corrected chi connectivity index (χ0v) is 18.6. The van der Waals surface area contributed by atoms with E-state index in [0.29, 0.717) is 23.7 Å². The SMILES string of the molecule is Cc1ncccc1NC(=O)Cc1nc2cnc3ccc(C#N)cc3c2n1[C@@H]1CCO[C@H](C)C1. The largest absolute Gasteiger partial charge is 0.378 e. The van der Waals surface area contributed by atoms with Crippen molar-refractivity contribution in [2.45, 2.75) is 45.3 Å². The molecule has 1 amide bonds. The monoisotopic (exact) mass is 440 g/mol. The minimum Gasteiger partial charge on any atom is -0.378 e. The number of benzene rings is 1. The molecule has 5 rings (SSSR count). The summed E-state index contributed by atoms with van der Waals surface area (Å²) in [6.45, 7) is 4.58. The Kier molecular flexibility index (Phi) is 5.48. The van der Waals surface area contributed by atoms with Gasteiger partial charge in [0.1, 0.15) is 11.3 Å². The fraction of sp³-hybridized carbons (Fsp3) is 0.320. The number of carbonyl (C=O) groups is 1. The van der Waals surface area contributed by atoms with Crippen LogP contribution in [0.5, 0.6) is 0 Å². The number of aryl methyl sites for hydroxylation is 1. The highest BCUT2D eigenvalue weighted by atomic mass is 16.5. The summed E-state index contributed by atoms with van der Waals surface area (Å²) in [5, 5.41) is 13.3. The van der Waals surface area contributed by atoms with Gasteiger partial charge in [0.15, 0.2) is 0 Å². The lowest BCUT2D eigenvalue weighted by Crippen LogP contribution is -2.27. The normalized spacial score (nSPS) is 18.3. The Morgan fingerprint density at radius 3 is 2.97 bits per heavy atom. The van der Waals surface area contributed by atoms with Crippen LogP contribution in [0.15, 0.2) is 42.7 Å². The van der Waals surface area contributed by atoms with Gasteiger partial charge in [-0.2, -0.15) is 5.26 Å². The predicted molar refractivity (Wildman–Crippen MR) is 125 cm³/mol. The van der Waals surface area contributed by atoms with Crippen molar-refractivity contribution in [1.29, 1.82) is 5.26 Å². The molecule has 1 N–H and O–H groups in total. The van der Waals surface area contributed by atoms with Gasteiger partial charge in [0.05, 0.1) is 52.8 Å². The molecule has 4 heterocycles. The maximum absolute atomic E-state index is 13.0. The molecular weight excluding hydrogens is 416 g/mol. The van der Waals surface area contributed by atoms with Gasteiger partial charge in [-0.25, -0.2) is 4.98 Å². The van der Waals surface area contributed by atoms with E-state index >= 15 is 0 Å². The number of ether oxygens (including phenoxy) is 1. The van der Waals surface area contributed by atoms with Gasteiger partial charge in [-0.3, -0.25) is 14.8 Å². The molecule has 0 spiro atoms. The molecule has 0 radical (unpaired) electrons. The molecule has 4 aromatic rings. The third-order valence-electron chi connectivity index (χ3n) is 6.14. The average Bonchev–Trinajstić information content (AvgIpc) is 3.18. The summed E-state index contributed by atoms with van der Waals surface area (Å²) in [4.78, 5) is 26.6. The molecule has 0 aliphatic carbocycles. The van der Waals surface area contributed by atoms with Crippen molar-refractivity contribution in [3.63, 3.8) is 0 Å². The number of carbonyl (C=O) groups excluding carboxylic acids is 1. The van der Waals surface area contributed by atoms with Crippen LogP contribution in [0.3, 0.4) is 0 Å². The van der Waals surface area contributed by atoms with Crippen molar-refractivity contribution < 1.29 is 9.53 Å². The summed E-state index contributed by atoms with van der Waals surface area (Å²) >= 11 is 0. The number of hydrogen-bond acceptors (Lipinski definition) is 6. The Morgan fingerprint density at radius 1 is 1.30 bits per heavy atom. The molecule has 8 nitrogen and oxygen atoms in total. The molecule has 1 saturated heterocycles. The van der Waals surface area contributed by atoms with Gasteiger partial charge in [-0.15, -0.1) is 0 Å². The Labute approximate surface area is 191 Å². The van der Waals surface area contributed by atoms with Gasteiger partial charge in [0, 0.05) is 24.2 Å². The zero-order chi connectivity index (χ0) is 22.9. The first-order chi connectivity index (χ1) is 16.0. The molecule has 0 saturated carbocycles. The first kappa shape index (κ1) is 21.0. The van der Waals surface area contributed by atoms with Crippen LogP contribution in [0.25, 0.3) is 21.9 Å². The van der Waals surface area contributed by atoms with E-state index in [1.165, 1.54) is 0 Å². The van der Waals surface area contributed by atoms with Crippen LogP contribution in [0.2, 0.25) is 0 Å². The molecule has 166 valence electrons. The molecule has 1 aromatic carbocycles. The Balaban J connectivity index is 1.62. The van der Waals surface area contributed by atoms with E-state index < -0.39 is 0 Å². The molecular formula is C25H24N6O2. The summed E-state index contributed by atoms with van der Waals surface area (Å²) < 4.78 is 7.96. The number of aromatic nitrogens is 4. The van der Waals surface area contributed by atoms with Crippen molar-refractivity contribution in [2.24, 2.45) is 0 Å². The van der Waals surface area contributed by atoms with Crippen LogP contribution < -0.4 is 5.32 Å². The lowest BCUT2D eigenvalue weighted by Gasteiger charge is -2.30. The lowest BCUT2D eigenvalue weighted by molar-refractivity contribution is -0.115. The van der Waals surface area contributed by atoms with Crippen molar-refractivity contribution in [2.75, 3.05) is 11.9 Å². The van der Waals surface area contributed by atoms with Crippen LogP contribution in [-0.4, -0.2) is 38.1 Å². The highest BCUT2D eigenvalue weighted by Gasteiger charge is 2.27. The number of pyridine rings is 2. The first-order valence-corrected chi connectivity index (χ1v) is 11.1. The second-order valence-corrected chi connectivity index (χ2v) is 8.45. The number of amides is 1. The number of nitrogens with one attached hydrogen (secondary N) is 1. The quantitative estimate of drug-likeness (QED) is 0.513. The van der Waals surface area contributed by atoms with Crippen LogP contribution in [0.1, 0.15) is 42.9 Å². The van der Waals surface area contributed by atoms with E-state index in [1.807, 2.05) is 25.1 Å². The van der Waals surface area contributed by atoms with E-state index in [0.717, 1.165) is 40.5 Å². The fourth-order valence-electron chi connectivity index (χ4n) is 4.58. The van der Waals surface area contributed by atoms with Gasteiger partial charge in [0.25, 0.3) is 0 Å². The van der Waals surface area contributed by atoms with Gasteiger partial charge >= 0.3 is 0 Å². The maximum Gasteiger partial charge on any atom is 0.232 e. The average molecular weight is 441 g/mol. The number of imidazole rings is 1. The third-order valence-corrected chi connectivity index (χ3v) is 6.14. The highest BCUT2D eigenvalue weighted by molar-refractivity contribution is 6.03. The van der Waals surface area contributed by atoms with Crippen LogP contribution >= 0.6 is 0 Å². The minimum atomic E-state index is -0.155. The van der Waals surface area contributed by atoms with Gasteiger partial charge < -0.3 is 14.6 Å². The Hall–Kier alpha value is -3.83. The third kappa shape index (κ3) is 4.03. The van der Waals surface area contributed by atoms with E-state index in [1.54, 1.807) is 24.5 Å². The van der Waals surface area contributed by atoms with Crippen LogP contribution in [-0.2, 0) is 16.0 Å². The standard InChI is InChI=1S/C25H24N6O2/c1-15-10-18(7-9-33-15)31-23(12-24(32)30-20-4-3-8-27-16(20)2)29-22-14-28-21-6-5-17(13-26)11-19(21)25(22)31/h3-6,8,11,14-15,18H,7,9-10,12H2,1-2H3,(H,30,32)/t15-,18-/m1/s1. The molecule has 0 unspecified atom stereocenters. The fourth-order valence-corrected chi connectivity index (χ4v) is 4.58. The lowest BCUT2D eigenvalue weighted by atomic mass is 10.0. The Bertz CT molecular complexity index is 1400. The number of rotatable bonds is 4. The maximum atomic E-state index is 13.0. The van der Waals surface area contributed by atoms with Gasteiger partial charge in [-0.1, -0.05) is 0 Å². The number of nitrogens with zero attached hydrogens (tertiary/aromatic N) is 5. The number of anilines is 1. The van der Waals surface area contributed by atoms with Crippen molar-refractivity contribution in [1.82, 2.24) is 19.5 Å².